The zero-order chi connectivity index (χ0) is 17.1. The summed E-state index contributed by atoms with van der Waals surface area (Å²) in [7, 11) is 1.52. The van der Waals surface area contributed by atoms with Crippen LogP contribution in [-0.4, -0.2) is 22.1 Å². The summed E-state index contributed by atoms with van der Waals surface area (Å²) in [5.74, 6) is 0.748. The summed E-state index contributed by atoms with van der Waals surface area (Å²) in [5, 5.41) is 10.6. The fourth-order valence-electron chi connectivity index (χ4n) is 2.10. The fourth-order valence-corrected chi connectivity index (χ4v) is 3.45. The van der Waals surface area contributed by atoms with Gasteiger partial charge in [0.05, 0.1) is 30.2 Å². The number of ether oxygens (including phenoxy) is 1. The van der Waals surface area contributed by atoms with Gasteiger partial charge in [-0.2, -0.15) is 10.2 Å². The molecule has 0 aliphatic heterocycles. The molecule has 0 spiro atoms. The van der Waals surface area contributed by atoms with Crippen LogP contribution in [0.15, 0.2) is 33.8 Å². The van der Waals surface area contributed by atoms with E-state index in [2.05, 4.69) is 41.7 Å². The van der Waals surface area contributed by atoms with Crippen LogP contribution >= 0.6 is 39.5 Å². The second kappa shape index (κ2) is 7.30. The first-order valence-corrected chi connectivity index (χ1v) is 8.78. The van der Waals surface area contributed by atoms with Gasteiger partial charge >= 0.3 is 0 Å². The number of aromatic amines is 1. The molecule has 0 unspecified atom stereocenters. The van der Waals surface area contributed by atoms with Crippen molar-refractivity contribution < 1.29 is 4.74 Å². The van der Waals surface area contributed by atoms with Gasteiger partial charge in [0, 0.05) is 22.1 Å². The van der Waals surface area contributed by atoms with Gasteiger partial charge < -0.3 is 9.72 Å². The number of nitriles is 1. The predicted octanol–water partition coefficient (Wildman–Crippen LogP) is 4.57. The third-order valence-corrected chi connectivity index (χ3v) is 5.06. The van der Waals surface area contributed by atoms with Gasteiger partial charge in [-0.1, -0.05) is 17.7 Å². The minimum absolute atomic E-state index is 0.157. The molecule has 2 aromatic heterocycles. The molecule has 3 rings (SSSR count). The highest BCUT2D eigenvalue weighted by molar-refractivity contribution is 9.10. The Morgan fingerprint density at radius 1 is 1.46 bits per heavy atom. The Hall–Kier alpha value is -1.95. The van der Waals surface area contributed by atoms with E-state index in [1.54, 1.807) is 0 Å². The molecule has 6 nitrogen and oxygen atoms in total. The van der Waals surface area contributed by atoms with Gasteiger partial charge in [0.2, 0.25) is 11.8 Å². The van der Waals surface area contributed by atoms with Gasteiger partial charge in [0.15, 0.2) is 0 Å². The number of nitrogens with one attached hydrogen (secondary N) is 2. The number of halogens is 2. The summed E-state index contributed by atoms with van der Waals surface area (Å²) < 4.78 is 8.89. The summed E-state index contributed by atoms with van der Waals surface area (Å²) in [5.41, 5.74) is 1.52. The molecule has 0 radical (unpaired) electrons. The average molecular weight is 425 g/mol. The highest BCUT2D eigenvalue weighted by Gasteiger charge is 2.13. The molecule has 0 atom stereocenters. The second-order valence-corrected chi connectivity index (χ2v) is 6.78. The van der Waals surface area contributed by atoms with Gasteiger partial charge in [-0.3, -0.25) is 4.72 Å². The lowest BCUT2D eigenvalue weighted by atomic mass is 10.2. The zero-order valence-electron chi connectivity index (χ0n) is 12.4. The van der Waals surface area contributed by atoms with Crippen molar-refractivity contribution in [3.05, 3.63) is 39.6 Å². The minimum atomic E-state index is 0.157. The van der Waals surface area contributed by atoms with E-state index in [1.165, 1.54) is 19.1 Å². The van der Waals surface area contributed by atoms with Crippen molar-refractivity contribution in [2.45, 2.75) is 11.3 Å². The van der Waals surface area contributed by atoms with Crippen LogP contribution in [0.2, 0.25) is 5.02 Å². The number of hydrogen-bond acceptors (Lipinski definition) is 6. The zero-order valence-corrected chi connectivity index (χ0v) is 15.6. The molecule has 3 aromatic rings. The van der Waals surface area contributed by atoms with E-state index >= 15 is 0 Å². The lowest BCUT2D eigenvalue weighted by Gasteiger charge is -2.09. The number of nitrogens with zero attached hydrogens (tertiary/aromatic N) is 3. The SMILES string of the molecule is COc1nc(NSc2c[nH]c3cc(Cl)ccc23)nc(CC#N)c1Br. The van der Waals surface area contributed by atoms with Crippen LogP contribution in [0.3, 0.4) is 0 Å². The van der Waals surface area contributed by atoms with Crippen molar-refractivity contribution >= 4 is 56.3 Å². The van der Waals surface area contributed by atoms with E-state index < -0.39 is 0 Å². The van der Waals surface area contributed by atoms with E-state index in [9.17, 15) is 0 Å². The van der Waals surface area contributed by atoms with E-state index in [0.717, 1.165) is 15.8 Å². The first-order chi connectivity index (χ1) is 11.6. The van der Waals surface area contributed by atoms with E-state index in [1.807, 2.05) is 24.4 Å². The van der Waals surface area contributed by atoms with Crippen LogP contribution in [-0.2, 0) is 6.42 Å². The van der Waals surface area contributed by atoms with Crippen molar-refractivity contribution in [1.82, 2.24) is 15.0 Å². The van der Waals surface area contributed by atoms with Crippen molar-refractivity contribution in [3.8, 4) is 11.9 Å². The molecule has 1 aromatic carbocycles. The molecule has 0 amide bonds. The Balaban J connectivity index is 1.85. The number of benzene rings is 1. The Kier molecular flexibility index (Phi) is 5.14. The molecule has 0 saturated carbocycles. The summed E-state index contributed by atoms with van der Waals surface area (Å²) in [6.07, 6.45) is 2.04. The molecule has 0 fully saturated rings. The van der Waals surface area contributed by atoms with Crippen LogP contribution < -0.4 is 9.46 Å². The number of fused-ring (bicyclic) bond motifs is 1. The van der Waals surface area contributed by atoms with Crippen LogP contribution in [0.1, 0.15) is 5.69 Å². The quantitative estimate of drug-likeness (QED) is 0.584. The molecule has 2 N–H and O–H groups in total. The van der Waals surface area contributed by atoms with Crippen molar-refractivity contribution in [2.75, 3.05) is 11.8 Å². The summed E-state index contributed by atoms with van der Waals surface area (Å²) >= 11 is 10.7. The van der Waals surface area contributed by atoms with Gasteiger partial charge in [-0.05, 0) is 40.0 Å². The normalized spacial score (nSPS) is 10.6. The fraction of sp³-hybridized carbons (Fsp3) is 0.133. The summed E-state index contributed by atoms with van der Waals surface area (Å²) in [6.45, 7) is 0. The maximum absolute atomic E-state index is 8.91. The Labute approximate surface area is 155 Å². The van der Waals surface area contributed by atoms with Gasteiger partial charge in [0.1, 0.15) is 4.47 Å². The molecule has 9 heteroatoms. The molecule has 24 heavy (non-hydrogen) atoms. The smallest absolute Gasteiger partial charge is 0.236 e. The molecule has 0 bridgehead atoms. The standard InChI is InChI=1S/C15H11BrClN5OS/c1-23-14-13(16)10(4-5-18)20-15(21-14)22-24-12-7-19-11-6-8(17)2-3-9(11)12/h2-3,6-7,19H,4H2,1H3,(H,20,21,22). The Morgan fingerprint density at radius 2 is 2.29 bits per heavy atom. The largest absolute Gasteiger partial charge is 0.480 e. The molecule has 0 saturated heterocycles. The van der Waals surface area contributed by atoms with E-state index in [-0.39, 0.29) is 6.42 Å². The Morgan fingerprint density at radius 3 is 3.04 bits per heavy atom. The number of methoxy groups -OCH3 is 1. The van der Waals surface area contributed by atoms with Gasteiger partial charge in [-0.25, -0.2) is 4.98 Å². The summed E-state index contributed by atoms with van der Waals surface area (Å²) in [4.78, 5) is 12.8. The van der Waals surface area contributed by atoms with Gasteiger partial charge in [-0.15, -0.1) is 0 Å². The number of rotatable bonds is 5. The monoisotopic (exact) mass is 423 g/mol. The number of aromatic nitrogens is 3. The lowest BCUT2D eigenvalue weighted by molar-refractivity contribution is 0.394. The highest BCUT2D eigenvalue weighted by Crippen LogP contribution is 2.32. The first-order valence-electron chi connectivity index (χ1n) is 6.79. The lowest BCUT2D eigenvalue weighted by Crippen LogP contribution is -2.02. The van der Waals surface area contributed by atoms with Crippen molar-refractivity contribution in [1.29, 1.82) is 5.26 Å². The van der Waals surface area contributed by atoms with Gasteiger partial charge in [0.25, 0.3) is 0 Å². The molecule has 0 aliphatic rings. The van der Waals surface area contributed by atoms with Crippen LogP contribution in [0, 0.1) is 11.3 Å². The topological polar surface area (TPSA) is 86.6 Å². The van der Waals surface area contributed by atoms with Crippen molar-refractivity contribution in [3.63, 3.8) is 0 Å². The summed E-state index contributed by atoms with van der Waals surface area (Å²) in [6, 6.07) is 7.73. The number of hydrogen-bond donors (Lipinski definition) is 2. The Bertz CT molecular complexity index is 939. The number of anilines is 1. The van der Waals surface area contributed by atoms with Crippen LogP contribution in [0.4, 0.5) is 5.95 Å². The van der Waals surface area contributed by atoms with Crippen molar-refractivity contribution in [2.24, 2.45) is 0 Å². The first kappa shape index (κ1) is 16.9. The number of H-pyrrole nitrogens is 1. The van der Waals surface area contributed by atoms with E-state index in [4.69, 9.17) is 21.6 Å². The highest BCUT2D eigenvalue weighted by atomic mass is 79.9. The predicted molar refractivity (Wildman–Crippen MR) is 98.4 cm³/mol. The third kappa shape index (κ3) is 3.43. The molecule has 0 aliphatic carbocycles. The average Bonchev–Trinajstić information content (AvgIpc) is 2.97. The maximum Gasteiger partial charge on any atom is 0.236 e. The van der Waals surface area contributed by atoms with Crippen LogP contribution in [0.25, 0.3) is 10.9 Å². The second-order valence-electron chi connectivity index (χ2n) is 4.70. The molecular formula is C15H11BrClN5OS. The molecular weight excluding hydrogens is 414 g/mol. The third-order valence-electron chi connectivity index (χ3n) is 3.19. The molecule has 2 heterocycles. The maximum atomic E-state index is 8.91. The minimum Gasteiger partial charge on any atom is -0.480 e. The van der Waals surface area contributed by atoms with Crippen LogP contribution in [0.5, 0.6) is 5.88 Å². The molecule has 122 valence electrons. The van der Waals surface area contributed by atoms with E-state index in [0.29, 0.717) is 27.0 Å².